The highest BCUT2D eigenvalue weighted by atomic mass is 35.5. The Labute approximate surface area is 105 Å². The summed E-state index contributed by atoms with van der Waals surface area (Å²) >= 11 is 6.11. The zero-order chi connectivity index (χ0) is 12.6. The van der Waals surface area contributed by atoms with E-state index in [4.69, 9.17) is 11.6 Å². The highest BCUT2D eigenvalue weighted by molar-refractivity contribution is 6.35. The average molecular weight is 253 g/mol. The van der Waals surface area contributed by atoms with Crippen LogP contribution in [-0.4, -0.2) is 42.3 Å². The first-order chi connectivity index (χ1) is 8.02. The summed E-state index contributed by atoms with van der Waals surface area (Å²) in [7, 11) is 3.25. The van der Waals surface area contributed by atoms with Crippen LogP contribution in [0.25, 0.3) is 0 Å². The minimum absolute atomic E-state index is 0.182. The van der Waals surface area contributed by atoms with Crippen LogP contribution in [0.3, 0.4) is 0 Å². The van der Waals surface area contributed by atoms with Crippen LogP contribution in [0.15, 0.2) is 24.3 Å². The third kappa shape index (κ3) is 2.00. The van der Waals surface area contributed by atoms with E-state index in [9.17, 15) is 9.59 Å². The van der Waals surface area contributed by atoms with Gasteiger partial charge in [0, 0.05) is 25.7 Å². The molecule has 1 aromatic rings. The van der Waals surface area contributed by atoms with E-state index < -0.39 is 11.8 Å². The van der Waals surface area contributed by atoms with Crippen LogP contribution in [0.2, 0.25) is 5.02 Å². The van der Waals surface area contributed by atoms with Gasteiger partial charge in [-0.25, -0.2) is 0 Å². The summed E-state index contributed by atoms with van der Waals surface area (Å²) in [4.78, 5) is 26.1. The molecule has 2 amide bonds. The summed E-state index contributed by atoms with van der Waals surface area (Å²) in [5, 5.41) is 0.611. The number of rotatable bonds is 1. The smallest absolute Gasteiger partial charge is 0.312 e. The Balaban J connectivity index is 2.37. The molecule has 1 atom stereocenters. The lowest BCUT2D eigenvalue weighted by molar-refractivity contribution is -0.156. The zero-order valence-corrected chi connectivity index (χ0v) is 10.4. The molecule has 0 spiro atoms. The molecule has 1 unspecified atom stereocenters. The fourth-order valence-electron chi connectivity index (χ4n) is 1.97. The number of amides is 2. The first-order valence-electron chi connectivity index (χ1n) is 5.29. The molecule has 1 heterocycles. The van der Waals surface area contributed by atoms with Crippen LogP contribution in [0, 0.1) is 0 Å². The van der Waals surface area contributed by atoms with Crippen LogP contribution < -0.4 is 0 Å². The summed E-state index contributed by atoms with van der Waals surface area (Å²) in [5.74, 6) is -0.973. The first kappa shape index (κ1) is 11.9. The van der Waals surface area contributed by atoms with Gasteiger partial charge in [-0.05, 0) is 11.6 Å². The van der Waals surface area contributed by atoms with Crippen molar-refractivity contribution in [1.29, 1.82) is 0 Å². The molecule has 0 radical (unpaired) electrons. The van der Waals surface area contributed by atoms with Gasteiger partial charge < -0.3 is 9.80 Å². The van der Waals surface area contributed by atoms with Crippen molar-refractivity contribution in [3.63, 3.8) is 0 Å². The number of piperazine rings is 1. The first-order valence-corrected chi connectivity index (χ1v) is 5.67. The van der Waals surface area contributed by atoms with Crippen LogP contribution in [0.4, 0.5) is 0 Å². The molecule has 4 nitrogen and oxygen atoms in total. The molecule has 0 bridgehead atoms. The molecular formula is C12H13ClN2O2. The number of likely N-dealkylation sites (N-methyl/N-ethyl adjacent to an activating group) is 2. The average Bonchev–Trinajstić information content (AvgIpc) is 2.32. The van der Waals surface area contributed by atoms with Gasteiger partial charge in [0.05, 0.1) is 6.04 Å². The molecule has 0 aromatic heterocycles. The minimum atomic E-state index is -0.497. The van der Waals surface area contributed by atoms with E-state index in [1.165, 1.54) is 9.80 Å². The summed E-state index contributed by atoms with van der Waals surface area (Å²) in [6.07, 6.45) is 0. The van der Waals surface area contributed by atoms with Crippen molar-refractivity contribution in [2.75, 3.05) is 20.6 Å². The van der Waals surface area contributed by atoms with Crippen LogP contribution in [-0.2, 0) is 9.59 Å². The normalized spacial score (nSPS) is 21.0. The molecular weight excluding hydrogens is 240 g/mol. The van der Waals surface area contributed by atoms with Crippen molar-refractivity contribution in [3.05, 3.63) is 34.9 Å². The van der Waals surface area contributed by atoms with Gasteiger partial charge in [-0.3, -0.25) is 9.59 Å². The highest BCUT2D eigenvalue weighted by Crippen LogP contribution is 2.29. The number of benzene rings is 1. The van der Waals surface area contributed by atoms with E-state index in [1.807, 2.05) is 18.2 Å². The number of hydrogen-bond acceptors (Lipinski definition) is 2. The molecule has 17 heavy (non-hydrogen) atoms. The second kappa shape index (κ2) is 4.37. The summed E-state index contributed by atoms with van der Waals surface area (Å²) in [5.41, 5.74) is 0.865. The lowest BCUT2D eigenvalue weighted by Crippen LogP contribution is -2.52. The van der Waals surface area contributed by atoms with Crippen molar-refractivity contribution >= 4 is 23.4 Å². The number of hydrogen-bond donors (Lipinski definition) is 0. The van der Waals surface area contributed by atoms with Gasteiger partial charge in [0.2, 0.25) is 0 Å². The molecule has 0 saturated carbocycles. The Hall–Kier alpha value is -1.55. The van der Waals surface area contributed by atoms with Gasteiger partial charge in [0.15, 0.2) is 0 Å². The topological polar surface area (TPSA) is 40.6 Å². The molecule has 1 saturated heterocycles. The minimum Gasteiger partial charge on any atom is -0.335 e. The third-order valence-corrected chi connectivity index (χ3v) is 3.37. The number of nitrogens with zero attached hydrogens (tertiary/aromatic N) is 2. The Kier molecular flexibility index (Phi) is 3.07. The molecule has 1 aliphatic heterocycles. The SMILES string of the molecule is CN1CC(c2ccccc2Cl)N(C)C(=O)C1=O. The second-order valence-electron chi connectivity index (χ2n) is 4.14. The largest absolute Gasteiger partial charge is 0.335 e. The summed E-state index contributed by atoms with van der Waals surface area (Å²) in [6, 6.07) is 7.19. The van der Waals surface area contributed by atoms with Gasteiger partial charge in [0.25, 0.3) is 0 Å². The standard InChI is InChI=1S/C12H13ClN2O2/c1-14-7-10(15(2)12(17)11(14)16)8-5-3-4-6-9(8)13/h3-6,10H,7H2,1-2H3. The molecule has 1 aliphatic rings. The van der Waals surface area contributed by atoms with E-state index in [-0.39, 0.29) is 6.04 Å². The molecule has 0 aliphatic carbocycles. The Morgan fingerprint density at radius 1 is 1.18 bits per heavy atom. The maximum Gasteiger partial charge on any atom is 0.312 e. The van der Waals surface area contributed by atoms with Crippen LogP contribution >= 0.6 is 11.6 Å². The van der Waals surface area contributed by atoms with E-state index in [0.29, 0.717) is 11.6 Å². The molecule has 2 rings (SSSR count). The second-order valence-corrected chi connectivity index (χ2v) is 4.55. The maximum absolute atomic E-state index is 11.7. The third-order valence-electron chi connectivity index (χ3n) is 3.03. The zero-order valence-electron chi connectivity index (χ0n) is 9.68. The van der Waals surface area contributed by atoms with Crippen molar-refractivity contribution in [3.8, 4) is 0 Å². The van der Waals surface area contributed by atoms with Crippen molar-refractivity contribution in [2.24, 2.45) is 0 Å². The van der Waals surface area contributed by atoms with Crippen molar-refractivity contribution < 1.29 is 9.59 Å². The summed E-state index contributed by atoms with van der Waals surface area (Å²) < 4.78 is 0. The Morgan fingerprint density at radius 2 is 1.82 bits per heavy atom. The number of carbonyl (C=O) groups is 2. The van der Waals surface area contributed by atoms with Crippen LogP contribution in [0.5, 0.6) is 0 Å². The van der Waals surface area contributed by atoms with Gasteiger partial charge in [0.1, 0.15) is 0 Å². The quantitative estimate of drug-likeness (QED) is 0.707. The number of carbonyl (C=O) groups excluding carboxylic acids is 2. The van der Waals surface area contributed by atoms with E-state index >= 15 is 0 Å². The van der Waals surface area contributed by atoms with Gasteiger partial charge in [-0.2, -0.15) is 0 Å². The number of halogens is 1. The van der Waals surface area contributed by atoms with Gasteiger partial charge >= 0.3 is 11.8 Å². The predicted octanol–water partition coefficient (Wildman–Crippen LogP) is 1.31. The Morgan fingerprint density at radius 3 is 2.47 bits per heavy atom. The lowest BCUT2D eigenvalue weighted by Gasteiger charge is -2.37. The molecule has 1 fully saturated rings. The highest BCUT2D eigenvalue weighted by Gasteiger charge is 2.36. The van der Waals surface area contributed by atoms with Gasteiger partial charge in [-0.15, -0.1) is 0 Å². The molecule has 90 valence electrons. The molecule has 1 aromatic carbocycles. The van der Waals surface area contributed by atoms with E-state index in [2.05, 4.69) is 0 Å². The van der Waals surface area contributed by atoms with Crippen molar-refractivity contribution in [2.45, 2.75) is 6.04 Å². The van der Waals surface area contributed by atoms with E-state index in [0.717, 1.165) is 5.56 Å². The van der Waals surface area contributed by atoms with Crippen LogP contribution in [0.1, 0.15) is 11.6 Å². The van der Waals surface area contributed by atoms with Crippen molar-refractivity contribution in [1.82, 2.24) is 9.80 Å². The fourth-order valence-corrected chi connectivity index (χ4v) is 2.23. The summed E-state index contributed by atoms with van der Waals surface area (Å²) in [6.45, 7) is 0.463. The molecule has 0 N–H and O–H groups in total. The predicted molar refractivity (Wildman–Crippen MR) is 64.6 cm³/mol. The van der Waals surface area contributed by atoms with E-state index in [1.54, 1.807) is 20.2 Å². The molecule has 5 heteroatoms. The monoisotopic (exact) mass is 252 g/mol. The fraction of sp³-hybridized carbons (Fsp3) is 0.333. The van der Waals surface area contributed by atoms with Gasteiger partial charge in [-0.1, -0.05) is 29.8 Å². The lowest BCUT2D eigenvalue weighted by atomic mass is 10.0. The maximum atomic E-state index is 11.7. The Bertz CT molecular complexity index is 475.